The number of methoxy groups -OCH3 is 2. The van der Waals surface area contributed by atoms with Crippen molar-refractivity contribution in [2.24, 2.45) is 0 Å². The van der Waals surface area contributed by atoms with Crippen LogP contribution in [0.25, 0.3) is 0 Å². The van der Waals surface area contributed by atoms with Gasteiger partial charge in [-0.1, -0.05) is 36.4 Å². The molecule has 0 aliphatic heterocycles. The van der Waals surface area contributed by atoms with Crippen molar-refractivity contribution in [2.75, 3.05) is 14.2 Å². The van der Waals surface area contributed by atoms with Crippen LogP contribution in [0.3, 0.4) is 0 Å². The van der Waals surface area contributed by atoms with Crippen LogP contribution in [-0.4, -0.2) is 31.2 Å². The second-order valence-corrected chi connectivity index (χ2v) is 5.47. The highest BCUT2D eigenvalue weighted by Gasteiger charge is 2.16. The minimum absolute atomic E-state index is 0.209. The molecule has 0 unspecified atom stereocenters. The van der Waals surface area contributed by atoms with E-state index < -0.39 is 18.4 Å². The molecule has 26 heavy (non-hydrogen) atoms. The van der Waals surface area contributed by atoms with Crippen molar-refractivity contribution in [3.05, 3.63) is 59.7 Å². The number of carboxylic acids is 1. The van der Waals surface area contributed by atoms with Gasteiger partial charge >= 0.3 is 5.97 Å². The Balaban J connectivity index is 2.20. The SMILES string of the molecule is COc1ccc(CN(Cc2ccccc2)OC(=O)CC(=O)[O-])c(OC)c1. The van der Waals surface area contributed by atoms with Crippen LogP contribution in [0, 0.1) is 0 Å². The summed E-state index contributed by atoms with van der Waals surface area (Å²) in [5.41, 5.74) is 1.66. The van der Waals surface area contributed by atoms with Gasteiger partial charge in [0, 0.05) is 11.6 Å². The number of hydroxylamine groups is 2. The number of aliphatic carboxylic acids is 1. The highest BCUT2D eigenvalue weighted by Crippen LogP contribution is 2.26. The van der Waals surface area contributed by atoms with Crippen LogP contribution in [0.5, 0.6) is 11.5 Å². The van der Waals surface area contributed by atoms with E-state index in [-0.39, 0.29) is 13.1 Å². The van der Waals surface area contributed by atoms with Crippen molar-refractivity contribution in [1.82, 2.24) is 5.06 Å². The Morgan fingerprint density at radius 2 is 1.73 bits per heavy atom. The first-order valence-electron chi connectivity index (χ1n) is 7.92. The van der Waals surface area contributed by atoms with Crippen LogP contribution in [0.4, 0.5) is 0 Å². The summed E-state index contributed by atoms with van der Waals surface area (Å²) in [5.74, 6) is -1.18. The van der Waals surface area contributed by atoms with E-state index in [2.05, 4.69) is 0 Å². The summed E-state index contributed by atoms with van der Waals surface area (Å²) in [4.78, 5) is 27.6. The lowest BCUT2D eigenvalue weighted by molar-refractivity contribution is -0.306. The van der Waals surface area contributed by atoms with Gasteiger partial charge in [0.2, 0.25) is 0 Å². The zero-order chi connectivity index (χ0) is 18.9. The van der Waals surface area contributed by atoms with E-state index in [1.165, 1.54) is 12.2 Å². The first kappa shape index (κ1) is 19.3. The van der Waals surface area contributed by atoms with Gasteiger partial charge in [0.15, 0.2) is 0 Å². The summed E-state index contributed by atoms with van der Waals surface area (Å²) in [6.07, 6.45) is -0.814. The number of nitrogens with zero attached hydrogens (tertiary/aromatic N) is 1. The monoisotopic (exact) mass is 358 g/mol. The van der Waals surface area contributed by atoms with Crippen molar-refractivity contribution in [2.45, 2.75) is 19.5 Å². The molecular weight excluding hydrogens is 338 g/mol. The van der Waals surface area contributed by atoms with E-state index in [4.69, 9.17) is 14.3 Å². The number of ether oxygens (including phenoxy) is 2. The van der Waals surface area contributed by atoms with Crippen LogP contribution in [-0.2, 0) is 27.5 Å². The Bertz CT molecular complexity index is 747. The minimum atomic E-state index is -1.49. The number of benzene rings is 2. The molecule has 0 amide bonds. The van der Waals surface area contributed by atoms with Crippen molar-refractivity contribution >= 4 is 11.9 Å². The molecule has 2 aromatic rings. The summed E-state index contributed by atoms with van der Waals surface area (Å²) in [5, 5.41) is 12.0. The summed E-state index contributed by atoms with van der Waals surface area (Å²) >= 11 is 0. The second kappa shape index (κ2) is 9.43. The fourth-order valence-corrected chi connectivity index (χ4v) is 2.37. The molecule has 0 aromatic heterocycles. The van der Waals surface area contributed by atoms with Crippen molar-refractivity contribution in [3.63, 3.8) is 0 Å². The smallest absolute Gasteiger partial charge is 0.330 e. The van der Waals surface area contributed by atoms with E-state index in [1.807, 2.05) is 30.3 Å². The second-order valence-electron chi connectivity index (χ2n) is 5.47. The highest BCUT2D eigenvalue weighted by molar-refractivity contribution is 5.88. The zero-order valence-corrected chi connectivity index (χ0v) is 14.6. The molecule has 138 valence electrons. The molecule has 7 nitrogen and oxygen atoms in total. The maximum absolute atomic E-state index is 11.8. The Kier molecular flexibility index (Phi) is 6.99. The molecule has 0 radical (unpaired) electrons. The predicted molar refractivity (Wildman–Crippen MR) is 91.0 cm³/mol. The Morgan fingerprint density at radius 1 is 1.00 bits per heavy atom. The van der Waals surface area contributed by atoms with Crippen molar-refractivity contribution in [3.8, 4) is 11.5 Å². The van der Waals surface area contributed by atoms with E-state index in [0.717, 1.165) is 11.1 Å². The lowest BCUT2D eigenvalue weighted by atomic mass is 10.1. The molecule has 0 aliphatic carbocycles. The average molecular weight is 358 g/mol. The quantitative estimate of drug-likeness (QED) is 0.493. The van der Waals surface area contributed by atoms with Crippen LogP contribution in [0.15, 0.2) is 48.5 Å². The molecule has 2 rings (SSSR count). The highest BCUT2D eigenvalue weighted by atomic mass is 16.7. The lowest BCUT2D eigenvalue weighted by Gasteiger charge is -2.22. The van der Waals surface area contributed by atoms with Gasteiger partial charge in [-0.3, -0.25) is 0 Å². The first-order valence-corrected chi connectivity index (χ1v) is 7.92. The van der Waals surface area contributed by atoms with E-state index >= 15 is 0 Å². The van der Waals surface area contributed by atoms with Gasteiger partial charge in [-0.05, 0) is 11.6 Å². The molecule has 0 saturated carbocycles. The van der Waals surface area contributed by atoms with Gasteiger partial charge in [-0.15, -0.1) is 5.06 Å². The third kappa shape index (κ3) is 5.78. The summed E-state index contributed by atoms with van der Waals surface area (Å²) in [6, 6.07) is 14.6. The molecular formula is C19H20NO6-. The molecule has 2 aromatic carbocycles. The maximum atomic E-state index is 11.8. The number of carbonyl (C=O) groups is 2. The summed E-state index contributed by atoms with van der Waals surface area (Å²) in [6.45, 7) is 0.496. The molecule has 7 heteroatoms. The summed E-state index contributed by atoms with van der Waals surface area (Å²) < 4.78 is 10.5. The molecule has 0 N–H and O–H groups in total. The summed E-state index contributed by atoms with van der Waals surface area (Å²) in [7, 11) is 3.08. The van der Waals surface area contributed by atoms with Crippen molar-refractivity contribution < 1.29 is 29.0 Å². The molecule has 0 spiro atoms. The third-order valence-corrected chi connectivity index (χ3v) is 3.56. The van der Waals surface area contributed by atoms with Crippen LogP contribution in [0.2, 0.25) is 0 Å². The Labute approximate surface area is 151 Å². The largest absolute Gasteiger partial charge is 0.550 e. The number of carboxylic acid groups (broad SMARTS) is 1. The van der Waals surface area contributed by atoms with E-state index in [0.29, 0.717) is 11.5 Å². The number of rotatable bonds is 9. The Morgan fingerprint density at radius 3 is 2.35 bits per heavy atom. The Hall–Kier alpha value is -3.06. The average Bonchev–Trinajstić information content (AvgIpc) is 2.62. The minimum Gasteiger partial charge on any atom is -0.550 e. The number of hydrogen-bond acceptors (Lipinski definition) is 7. The number of carbonyl (C=O) groups excluding carboxylic acids is 2. The molecule has 0 aliphatic rings. The maximum Gasteiger partial charge on any atom is 0.330 e. The normalized spacial score (nSPS) is 10.4. The molecule has 0 bridgehead atoms. The van der Waals surface area contributed by atoms with Gasteiger partial charge < -0.3 is 24.2 Å². The lowest BCUT2D eigenvalue weighted by Crippen LogP contribution is -2.31. The van der Waals surface area contributed by atoms with Gasteiger partial charge in [0.05, 0.1) is 39.7 Å². The van der Waals surface area contributed by atoms with Gasteiger partial charge in [-0.2, -0.15) is 0 Å². The first-order chi connectivity index (χ1) is 12.5. The van der Waals surface area contributed by atoms with Gasteiger partial charge in [0.25, 0.3) is 0 Å². The van der Waals surface area contributed by atoms with Crippen molar-refractivity contribution in [1.29, 1.82) is 0 Å². The fraction of sp³-hybridized carbons (Fsp3) is 0.263. The molecule has 0 saturated heterocycles. The standard InChI is InChI=1S/C19H21NO6/c1-24-16-9-8-15(17(10-16)25-2)13-20(26-19(23)11-18(21)22)12-14-6-4-3-5-7-14/h3-10H,11-13H2,1-2H3,(H,21,22)/p-1. The van der Waals surface area contributed by atoms with Crippen LogP contribution < -0.4 is 14.6 Å². The fourth-order valence-electron chi connectivity index (χ4n) is 2.37. The van der Waals surface area contributed by atoms with E-state index in [9.17, 15) is 14.7 Å². The van der Waals surface area contributed by atoms with E-state index in [1.54, 1.807) is 25.3 Å². The van der Waals surface area contributed by atoms with Crippen LogP contribution >= 0.6 is 0 Å². The van der Waals surface area contributed by atoms with Gasteiger partial charge in [0.1, 0.15) is 11.5 Å². The van der Waals surface area contributed by atoms with Crippen LogP contribution in [0.1, 0.15) is 17.5 Å². The third-order valence-electron chi connectivity index (χ3n) is 3.56. The predicted octanol–water partition coefficient (Wildman–Crippen LogP) is 1.30. The number of hydrogen-bond donors (Lipinski definition) is 0. The van der Waals surface area contributed by atoms with Gasteiger partial charge in [-0.25, -0.2) is 4.79 Å². The topological polar surface area (TPSA) is 88.1 Å². The molecule has 0 atom stereocenters. The molecule has 0 fully saturated rings. The molecule has 0 heterocycles. The zero-order valence-electron chi connectivity index (χ0n) is 14.6.